The van der Waals surface area contributed by atoms with Gasteiger partial charge in [-0.25, -0.2) is 4.98 Å². The Labute approximate surface area is 136 Å². The summed E-state index contributed by atoms with van der Waals surface area (Å²) in [7, 11) is 1.84. The molecule has 1 aromatic carbocycles. The van der Waals surface area contributed by atoms with E-state index in [0.717, 1.165) is 36.2 Å². The number of nitrogens with zero attached hydrogens (tertiary/aromatic N) is 3. The van der Waals surface area contributed by atoms with Gasteiger partial charge in [0.2, 0.25) is 0 Å². The van der Waals surface area contributed by atoms with Gasteiger partial charge >= 0.3 is 0 Å². The van der Waals surface area contributed by atoms with E-state index in [9.17, 15) is 4.79 Å². The van der Waals surface area contributed by atoms with E-state index in [4.69, 9.17) is 0 Å². The first-order valence-corrected chi connectivity index (χ1v) is 7.99. The van der Waals surface area contributed by atoms with Crippen molar-refractivity contribution < 1.29 is 4.79 Å². The zero-order valence-electron chi connectivity index (χ0n) is 13.6. The Bertz CT molecular complexity index is 808. The molecule has 0 saturated heterocycles. The number of unbranched alkanes of at least 4 members (excludes halogenated alkanes) is 1. The summed E-state index contributed by atoms with van der Waals surface area (Å²) in [5.41, 5.74) is 3.34. The van der Waals surface area contributed by atoms with Crippen LogP contribution in [-0.4, -0.2) is 33.8 Å². The number of fused-ring (bicyclic) bond motifs is 1. The van der Waals surface area contributed by atoms with Crippen LogP contribution in [0, 0.1) is 0 Å². The molecule has 3 aromatic rings. The second-order valence-electron chi connectivity index (χ2n) is 5.72. The van der Waals surface area contributed by atoms with Crippen LogP contribution in [0.4, 0.5) is 0 Å². The average molecular weight is 307 g/mol. The minimum Gasteiger partial charge on any atom is -0.340 e. The van der Waals surface area contributed by atoms with E-state index in [1.807, 2.05) is 66.3 Å². The van der Waals surface area contributed by atoms with E-state index in [1.165, 1.54) is 0 Å². The second kappa shape index (κ2) is 6.65. The Morgan fingerprint density at radius 3 is 2.70 bits per heavy atom. The lowest BCUT2D eigenvalue weighted by molar-refractivity contribution is 0.0787. The number of aromatic nitrogens is 2. The summed E-state index contributed by atoms with van der Waals surface area (Å²) in [6, 6.07) is 14.0. The normalized spacial score (nSPS) is 10.9. The van der Waals surface area contributed by atoms with E-state index >= 15 is 0 Å². The van der Waals surface area contributed by atoms with E-state index in [0.29, 0.717) is 5.69 Å². The summed E-state index contributed by atoms with van der Waals surface area (Å²) in [6.45, 7) is 2.87. The molecule has 0 saturated carbocycles. The number of carbonyl (C=O) groups excluding carboxylic acids is 1. The highest BCUT2D eigenvalue weighted by molar-refractivity contribution is 5.93. The minimum absolute atomic E-state index is 0.0359. The Balaban J connectivity index is 2.04. The third-order valence-corrected chi connectivity index (χ3v) is 3.98. The maximum atomic E-state index is 12.6. The Morgan fingerprint density at radius 2 is 1.96 bits per heavy atom. The van der Waals surface area contributed by atoms with Crippen molar-refractivity contribution in [2.45, 2.75) is 19.8 Å². The van der Waals surface area contributed by atoms with Crippen molar-refractivity contribution in [1.82, 2.24) is 14.3 Å². The quantitative estimate of drug-likeness (QED) is 0.717. The van der Waals surface area contributed by atoms with Crippen LogP contribution < -0.4 is 0 Å². The molecule has 0 N–H and O–H groups in total. The van der Waals surface area contributed by atoms with Crippen molar-refractivity contribution in [3.63, 3.8) is 0 Å². The summed E-state index contributed by atoms with van der Waals surface area (Å²) >= 11 is 0. The molecule has 0 fully saturated rings. The summed E-state index contributed by atoms with van der Waals surface area (Å²) < 4.78 is 1.97. The van der Waals surface area contributed by atoms with Crippen LogP contribution >= 0.6 is 0 Å². The van der Waals surface area contributed by atoms with Crippen LogP contribution in [0.3, 0.4) is 0 Å². The number of amides is 1. The fourth-order valence-corrected chi connectivity index (χ4v) is 2.65. The zero-order chi connectivity index (χ0) is 16.2. The highest BCUT2D eigenvalue weighted by atomic mass is 16.2. The molecule has 2 aromatic heterocycles. The topological polar surface area (TPSA) is 37.6 Å². The second-order valence-corrected chi connectivity index (χ2v) is 5.72. The highest BCUT2D eigenvalue weighted by Gasteiger charge is 2.16. The van der Waals surface area contributed by atoms with Crippen molar-refractivity contribution in [3.8, 4) is 11.3 Å². The molecular formula is C19H21N3O. The molecule has 4 nitrogen and oxygen atoms in total. The Hall–Kier alpha value is -2.62. The third kappa shape index (κ3) is 3.11. The number of carbonyl (C=O) groups is 1. The predicted octanol–water partition coefficient (Wildman–Crippen LogP) is 3.87. The molecule has 0 spiro atoms. The monoisotopic (exact) mass is 307 g/mol. The highest BCUT2D eigenvalue weighted by Crippen LogP contribution is 2.23. The maximum Gasteiger partial charge on any atom is 0.273 e. The lowest BCUT2D eigenvalue weighted by atomic mass is 10.1. The molecule has 0 radical (unpaired) electrons. The van der Waals surface area contributed by atoms with Gasteiger partial charge in [-0.05, 0) is 18.6 Å². The number of benzene rings is 1. The summed E-state index contributed by atoms with van der Waals surface area (Å²) in [5.74, 6) is -0.0359. The van der Waals surface area contributed by atoms with Crippen LogP contribution in [0.1, 0.15) is 30.3 Å². The number of hydrogen-bond donors (Lipinski definition) is 0. The molecule has 0 aliphatic heterocycles. The van der Waals surface area contributed by atoms with Crippen LogP contribution in [0.2, 0.25) is 0 Å². The Morgan fingerprint density at radius 1 is 1.17 bits per heavy atom. The van der Waals surface area contributed by atoms with Gasteiger partial charge in [-0.15, -0.1) is 0 Å². The fourth-order valence-electron chi connectivity index (χ4n) is 2.65. The SMILES string of the molecule is CCCCN(C)C(=O)c1cn2cccc2c(-c2ccccc2)n1. The molecule has 118 valence electrons. The van der Waals surface area contributed by atoms with Crippen LogP contribution in [0.15, 0.2) is 54.9 Å². The minimum atomic E-state index is -0.0359. The molecule has 0 aliphatic rings. The van der Waals surface area contributed by atoms with Crippen LogP contribution in [0.5, 0.6) is 0 Å². The average Bonchev–Trinajstić information content (AvgIpc) is 3.07. The number of rotatable bonds is 5. The summed E-state index contributed by atoms with van der Waals surface area (Å²) in [4.78, 5) is 19.1. The van der Waals surface area contributed by atoms with Crippen molar-refractivity contribution in [2.24, 2.45) is 0 Å². The number of hydrogen-bond acceptors (Lipinski definition) is 2. The summed E-state index contributed by atoms with van der Waals surface area (Å²) in [5, 5.41) is 0. The van der Waals surface area contributed by atoms with Gasteiger partial charge in [0.05, 0.1) is 11.2 Å². The first-order chi connectivity index (χ1) is 11.2. The third-order valence-electron chi connectivity index (χ3n) is 3.98. The molecule has 3 rings (SSSR count). The van der Waals surface area contributed by atoms with Crippen molar-refractivity contribution in [2.75, 3.05) is 13.6 Å². The van der Waals surface area contributed by atoms with Gasteiger partial charge in [-0.1, -0.05) is 43.7 Å². The molecule has 0 unspecified atom stereocenters. The lowest BCUT2D eigenvalue weighted by Crippen LogP contribution is -2.28. The van der Waals surface area contributed by atoms with E-state index < -0.39 is 0 Å². The van der Waals surface area contributed by atoms with Crippen LogP contribution in [0.25, 0.3) is 16.8 Å². The van der Waals surface area contributed by atoms with Gasteiger partial charge in [0.25, 0.3) is 5.91 Å². The maximum absolute atomic E-state index is 12.6. The van der Waals surface area contributed by atoms with Gasteiger partial charge in [-0.3, -0.25) is 4.79 Å². The zero-order valence-corrected chi connectivity index (χ0v) is 13.6. The van der Waals surface area contributed by atoms with Gasteiger partial charge in [-0.2, -0.15) is 0 Å². The smallest absolute Gasteiger partial charge is 0.273 e. The van der Waals surface area contributed by atoms with E-state index in [-0.39, 0.29) is 5.91 Å². The Kier molecular flexibility index (Phi) is 4.42. The first kappa shape index (κ1) is 15.3. The van der Waals surface area contributed by atoms with E-state index in [1.54, 1.807) is 4.90 Å². The van der Waals surface area contributed by atoms with Crippen LogP contribution in [-0.2, 0) is 0 Å². The molecule has 0 aliphatic carbocycles. The first-order valence-electron chi connectivity index (χ1n) is 7.99. The van der Waals surface area contributed by atoms with Gasteiger partial charge in [0.15, 0.2) is 0 Å². The molecular weight excluding hydrogens is 286 g/mol. The van der Waals surface area contributed by atoms with Crippen molar-refractivity contribution in [3.05, 3.63) is 60.6 Å². The molecule has 2 heterocycles. The van der Waals surface area contributed by atoms with Crippen molar-refractivity contribution >= 4 is 11.4 Å². The standard InChI is InChI=1S/C19H21N3O/c1-3-4-12-21(2)19(23)16-14-22-13-8-11-17(22)18(20-16)15-9-6-5-7-10-15/h5-11,13-14H,3-4,12H2,1-2H3. The molecule has 0 bridgehead atoms. The van der Waals surface area contributed by atoms with E-state index in [2.05, 4.69) is 11.9 Å². The largest absolute Gasteiger partial charge is 0.340 e. The molecule has 4 heteroatoms. The molecule has 0 atom stereocenters. The molecule has 23 heavy (non-hydrogen) atoms. The molecule has 1 amide bonds. The van der Waals surface area contributed by atoms with Gasteiger partial charge < -0.3 is 9.30 Å². The van der Waals surface area contributed by atoms with Crippen molar-refractivity contribution in [1.29, 1.82) is 0 Å². The fraction of sp³-hybridized carbons (Fsp3) is 0.263. The predicted molar refractivity (Wildman–Crippen MR) is 92.5 cm³/mol. The summed E-state index contributed by atoms with van der Waals surface area (Å²) in [6.07, 6.45) is 5.83. The van der Waals surface area contributed by atoms with Gasteiger partial charge in [0, 0.05) is 31.5 Å². The lowest BCUT2D eigenvalue weighted by Gasteiger charge is -2.17. The van der Waals surface area contributed by atoms with Gasteiger partial charge in [0.1, 0.15) is 5.69 Å².